The summed E-state index contributed by atoms with van der Waals surface area (Å²) in [5, 5.41) is 5.53. The Morgan fingerprint density at radius 1 is 1.37 bits per heavy atom. The lowest BCUT2D eigenvalue weighted by molar-refractivity contribution is -0.119. The number of nitrogens with one attached hydrogen (secondary N) is 1. The van der Waals surface area contributed by atoms with Crippen LogP contribution >= 0.6 is 11.3 Å². The van der Waals surface area contributed by atoms with E-state index < -0.39 is 0 Å². The second kappa shape index (κ2) is 6.48. The molecule has 1 aromatic carbocycles. The Balaban J connectivity index is 2.04. The zero-order valence-electron chi connectivity index (χ0n) is 11.2. The predicted molar refractivity (Wildman–Crippen MR) is 80.3 cm³/mol. The minimum atomic E-state index is 0.0362. The van der Waals surface area contributed by atoms with Crippen molar-refractivity contribution in [3.63, 3.8) is 0 Å². The highest BCUT2D eigenvalue weighted by Crippen LogP contribution is 2.25. The first-order chi connectivity index (χ1) is 9.20. The molecule has 1 amide bonds. The molecule has 0 bridgehead atoms. The molecule has 19 heavy (non-hydrogen) atoms. The number of benzene rings is 1. The highest BCUT2D eigenvalue weighted by atomic mass is 32.1. The first kappa shape index (κ1) is 13.7. The lowest BCUT2D eigenvalue weighted by Gasteiger charge is -2.08. The van der Waals surface area contributed by atoms with Crippen molar-refractivity contribution in [3.05, 3.63) is 35.7 Å². The van der Waals surface area contributed by atoms with Crippen LogP contribution in [0.5, 0.6) is 0 Å². The number of hydrogen-bond acceptors (Lipinski definition) is 3. The topological polar surface area (TPSA) is 42.0 Å². The van der Waals surface area contributed by atoms with Gasteiger partial charge in [-0.3, -0.25) is 4.79 Å². The molecular formula is C15H18N2OS. The van der Waals surface area contributed by atoms with Gasteiger partial charge >= 0.3 is 0 Å². The Labute approximate surface area is 117 Å². The molecule has 4 heteroatoms. The molecule has 2 rings (SSSR count). The van der Waals surface area contributed by atoms with E-state index in [1.165, 1.54) is 11.3 Å². The molecule has 1 atom stereocenters. The Bertz CT molecular complexity index is 536. The SMILES string of the molecule is CCC[C@@H](C)C(=O)Nc1nc(-c2ccccc2)cs1. The van der Waals surface area contributed by atoms with Crippen LogP contribution < -0.4 is 5.32 Å². The molecule has 0 saturated heterocycles. The van der Waals surface area contributed by atoms with Gasteiger partial charge in [0, 0.05) is 16.9 Å². The molecule has 2 aromatic rings. The van der Waals surface area contributed by atoms with E-state index in [2.05, 4.69) is 17.2 Å². The third kappa shape index (κ3) is 3.64. The van der Waals surface area contributed by atoms with Crippen LogP contribution in [0.25, 0.3) is 11.3 Å². The predicted octanol–water partition coefficient (Wildman–Crippen LogP) is 4.18. The fourth-order valence-corrected chi connectivity index (χ4v) is 2.59. The van der Waals surface area contributed by atoms with Crippen molar-refractivity contribution in [2.45, 2.75) is 26.7 Å². The van der Waals surface area contributed by atoms with Crippen LogP contribution in [0.2, 0.25) is 0 Å². The van der Waals surface area contributed by atoms with Gasteiger partial charge in [-0.2, -0.15) is 0 Å². The van der Waals surface area contributed by atoms with E-state index in [0.717, 1.165) is 24.1 Å². The zero-order chi connectivity index (χ0) is 13.7. The van der Waals surface area contributed by atoms with E-state index in [4.69, 9.17) is 0 Å². The molecule has 1 heterocycles. The van der Waals surface area contributed by atoms with E-state index in [-0.39, 0.29) is 11.8 Å². The van der Waals surface area contributed by atoms with Crippen molar-refractivity contribution in [2.75, 3.05) is 5.32 Å². The van der Waals surface area contributed by atoms with Crippen LogP contribution in [0.3, 0.4) is 0 Å². The minimum Gasteiger partial charge on any atom is -0.302 e. The number of thiazole rings is 1. The number of nitrogens with zero attached hydrogens (tertiary/aromatic N) is 1. The van der Waals surface area contributed by atoms with Gasteiger partial charge in [0.25, 0.3) is 0 Å². The number of hydrogen-bond donors (Lipinski definition) is 1. The van der Waals surface area contributed by atoms with Crippen LogP contribution in [-0.2, 0) is 4.79 Å². The number of amides is 1. The van der Waals surface area contributed by atoms with Gasteiger partial charge in [-0.25, -0.2) is 4.98 Å². The smallest absolute Gasteiger partial charge is 0.228 e. The molecule has 1 N–H and O–H groups in total. The Kier molecular flexibility index (Phi) is 4.68. The summed E-state index contributed by atoms with van der Waals surface area (Å²) in [5.41, 5.74) is 1.98. The quantitative estimate of drug-likeness (QED) is 0.888. The second-order valence-electron chi connectivity index (χ2n) is 4.58. The van der Waals surface area contributed by atoms with Crippen molar-refractivity contribution < 1.29 is 4.79 Å². The summed E-state index contributed by atoms with van der Waals surface area (Å²) in [6.45, 7) is 4.03. The maximum Gasteiger partial charge on any atom is 0.228 e. The molecule has 0 aliphatic carbocycles. The lowest BCUT2D eigenvalue weighted by atomic mass is 10.1. The summed E-state index contributed by atoms with van der Waals surface area (Å²) in [6.07, 6.45) is 1.92. The summed E-state index contributed by atoms with van der Waals surface area (Å²) in [5.74, 6) is 0.0879. The van der Waals surface area contributed by atoms with Crippen molar-refractivity contribution in [1.29, 1.82) is 0 Å². The van der Waals surface area contributed by atoms with Crippen LogP contribution in [0, 0.1) is 5.92 Å². The largest absolute Gasteiger partial charge is 0.302 e. The molecule has 0 saturated carbocycles. The first-order valence-electron chi connectivity index (χ1n) is 6.52. The van der Waals surface area contributed by atoms with E-state index in [0.29, 0.717) is 5.13 Å². The number of aromatic nitrogens is 1. The highest BCUT2D eigenvalue weighted by Gasteiger charge is 2.13. The number of rotatable bonds is 5. The third-order valence-corrected chi connectivity index (χ3v) is 3.73. The molecule has 0 aliphatic heterocycles. The number of carbonyl (C=O) groups is 1. The summed E-state index contributed by atoms with van der Waals surface area (Å²) >= 11 is 1.47. The van der Waals surface area contributed by atoms with Gasteiger partial charge in [0.15, 0.2) is 5.13 Å². The molecule has 1 aromatic heterocycles. The average molecular weight is 274 g/mol. The van der Waals surface area contributed by atoms with Gasteiger partial charge in [-0.05, 0) is 6.42 Å². The fraction of sp³-hybridized carbons (Fsp3) is 0.333. The Hall–Kier alpha value is -1.68. The van der Waals surface area contributed by atoms with Crippen LogP contribution in [0.15, 0.2) is 35.7 Å². The normalized spacial score (nSPS) is 12.1. The summed E-state index contributed by atoms with van der Waals surface area (Å²) in [7, 11) is 0. The van der Waals surface area contributed by atoms with Crippen LogP contribution in [0.1, 0.15) is 26.7 Å². The van der Waals surface area contributed by atoms with Crippen LogP contribution in [-0.4, -0.2) is 10.9 Å². The zero-order valence-corrected chi connectivity index (χ0v) is 12.0. The van der Waals surface area contributed by atoms with Crippen molar-refractivity contribution in [2.24, 2.45) is 5.92 Å². The Morgan fingerprint density at radius 2 is 2.11 bits per heavy atom. The van der Waals surface area contributed by atoms with Crippen LogP contribution in [0.4, 0.5) is 5.13 Å². The van der Waals surface area contributed by atoms with Gasteiger partial charge in [0.2, 0.25) is 5.91 Å². The minimum absolute atomic E-state index is 0.0362. The van der Waals surface area contributed by atoms with Crippen molar-refractivity contribution in [1.82, 2.24) is 4.98 Å². The summed E-state index contributed by atoms with van der Waals surface area (Å²) in [4.78, 5) is 16.4. The molecule has 0 radical (unpaired) electrons. The third-order valence-electron chi connectivity index (χ3n) is 2.97. The van der Waals surface area contributed by atoms with Gasteiger partial charge < -0.3 is 5.32 Å². The Morgan fingerprint density at radius 3 is 2.79 bits per heavy atom. The van der Waals surface area contributed by atoms with Crippen molar-refractivity contribution >= 4 is 22.4 Å². The molecule has 0 spiro atoms. The van der Waals surface area contributed by atoms with E-state index in [1.807, 2.05) is 42.6 Å². The first-order valence-corrected chi connectivity index (χ1v) is 7.40. The number of carbonyl (C=O) groups excluding carboxylic acids is 1. The summed E-state index contributed by atoms with van der Waals surface area (Å²) < 4.78 is 0. The molecule has 3 nitrogen and oxygen atoms in total. The van der Waals surface area contributed by atoms with Gasteiger partial charge in [-0.1, -0.05) is 50.6 Å². The van der Waals surface area contributed by atoms with Crippen molar-refractivity contribution in [3.8, 4) is 11.3 Å². The number of anilines is 1. The fourth-order valence-electron chi connectivity index (χ4n) is 1.87. The molecule has 0 unspecified atom stereocenters. The van der Waals surface area contributed by atoms with E-state index in [9.17, 15) is 4.79 Å². The lowest BCUT2D eigenvalue weighted by Crippen LogP contribution is -2.20. The maximum absolute atomic E-state index is 11.9. The maximum atomic E-state index is 11.9. The highest BCUT2D eigenvalue weighted by molar-refractivity contribution is 7.14. The van der Waals surface area contributed by atoms with Gasteiger partial charge in [-0.15, -0.1) is 11.3 Å². The average Bonchev–Trinajstić information content (AvgIpc) is 2.88. The van der Waals surface area contributed by atoms with Gasteiger partial charge in [0.1, 0.15) is 0 Å². The van der Waals surface area contributed by atoms with E-state index >= 15 is 0 Å². The molecule has 0 aliphatic rings. The molecular weight excluding hydrogens is 256 g/mol. The molecule has 100 valence electrons. The summed E-state index contributed by atoms with van der Waals surface area (Å²) in [6, 6.07) is 9.97. The second-order valence-corrected chi connectivity index (χ2v) is 5.44. The molecule has 0 fully saturated rings. The van der Waals surface area contributed by atoms with E-state index in [1.54, 1.807) is 0 Å². The monoisotopic (exact) mass is 274 g/mol. The standard InChI is InChI=1S/C15H18N2OS/c1-3-7-11(2)14(18)17-15-16-13(10-19-15)12-8-5-4-6-9-12/h4-6,8-11H,3,7H2,1-2H3,(H,16,17,18)/t11-/m1/s1. The van der Waals surface area contributed by atoms with Gasteiger partial charge in [0.05, 0.1) is 5.69 Å².